The Hall–Kier alpha value is -2.35. The number of esters is 1. The lowest BCUT2D eigenvalue weighted by Gasteiger charge is -2.09. The maximum absolute atomic E-state index is 10.9. The highest BCUT2D eigenvalue weighted by atomic mass is 16.5. The van der Waals surface area contributed by atoms with Crippen molar-refractivity contribution in [1.82, 2.24) is 0 Å². The van der Waals surface area contributed by atoms with Crippen molar-refractivity contribution >= 4 is 27.5 Å². The highest BCUT2D eigenvalue weighted by Crippen LogP contribution is 2.27. The molecule has 0 aliphatic carbocycles. The molecule has 0 spiro atoms. The van der Waals surface area contributed by atoms with Crippen molar-refractivity contribution in [2.45, 2.75) is 13.5 Å². The molecule has 0 saturated carbocycles. The van der Waals surface area contributed by atoms with E-state index in [-0.39, 0.29) is 5.97 Å². The van der Waals surface area contributed by atoms with Gasteiger partial charge in [-0.05, 0) is 27.1 Å². The van der Waals surface area contributed by atoms with Crippen LogP contribution in [0.1, 0.15) is 12.5 Å². The van der Waals surface area contributed by atoms with Crippen LogP contribution in [-0.2, 0) is 16.1 Å². The topological polar surface area (TPSA) is 26.3 Å². The zero-order chi connectivity index (χ0) is 13.2. The van der Waals surface area contributed by atoms with Crippen LogP contribution in [0.15, 0.2) is 54.6 Å². The SMILES string of the molecule is CC(=O)OCc1cccc2c1ccc1ccccc12. The first-order chi connectivity index (χ1) is 9.25. The normalized spacial score (nSPS) is 10.8. The Morgan fingerprint density at radius 2 is 1.68 bits per heavy atom. The van der Waals surface area contributed by atoms with E-state index >= 15 is 0 Å². The van der Waals surface area contributed by atoms with Crippen molar-refractivity contribution in [3.63, 3.8) is 0 Å². The van der Waals surface area contributed by atoms with Crippen LogP contribution in [0.4, 0.5) is 0 Å². The number of hydrogen-bond donors (Lipinski definition) is 0. The molecule has 3 aromatic rings. The molecule has 0 radical (unpaired) electrons. The third kappa shape index (κ3) is 2.17. The number of hydrogen-bond acceptors (Lipinski definition) is 2. The molecule has 0 unspecified atom stereocenters. The summed E-state index contributed by atoms with van der Waals surface area (Å²) in [6, 6.07) is 18.6. The van der Waals surface area contributed by atoms with Crippen LogP contribution in [-0.4, -0.2) is 5.97 Å². The summed E-state index contributed by atoms with van der Waals surface area (Å²) in [6.07, 6.45) is 0. The van der Waals surface area contributed by atoms with Gasteiger partial charge in [-0.2, -0.15) is 0 Å². The third-order valence-electron chi connectivity index (χ3n) is 3.31. The van der Waals surface area contributed by atoms with Crippen molar-refractivity contribution in [3.8, 4) is 0 Å². The van der Waals surface area contributed by atoms with E-state index in [1.165, 1.54) is 23.1 Å². The summed E-state index contributed by atoms with van der Waals surface area (Å²) in [6.45, 7) is 1.76. The van der Waals surface area contributed by atoms with Crippen molar-refractivity contribution in [2.24, 2.45) is 0 Å². The zero-order valence-corrected chi connectivity index (χ0v) is 10.7. The fourth-order valence-electron chi connectivity index (χ4n) is 2.41. The van der Waals surface area contributed by atoms with Crippen LogP contribution >= 0.6 is 0 Å². The van der Waals surface area contributed by atoms with Crippen LogP contribution in [0.25, 0.3) is 21.5 Å². The summed E-state index contributed by atoms with van der Waals surface area (Å²) < 4.78 is 5.11. The number of fused-ring (bicyclic) bond motifs is 3. The molecular weight excluding hydrogens is 236 g/mol. The molecule has 19 heavy (non-hydrogen) atoms. The van der Waals surface area contributed by atoms with Gasteiger partial charge >= 0.3 is 5.97 Å². The van der Waals surface area contributed by atoms with Gasteiger partial charge in [0.2, 0.25) is 0 Å². The molecule has 0 heterocycles. The minimum Gasteiger partial charge on any atom is -0.461 e. The summed E-state index contributed by atoms with van der Waals surface area (Å²) in [7, 11) is 0. The summed E-state index contributed by atoms with van der Waals surface area (Å²) in [5.74, 6) is -0.252. The molecule has 0 amide bonds. The second kappa shape index (κ2) is 4.73. The monoisotopic (exact) mass is 250 g/mol. The minimum absolute atomic E-state index is 0.252. The van der Waals surface area contributed by atoms with E-state index in [1.54, 1.807) is 0 Å². The van der Waals surface area contributed by atoms with Crippen LogP contribution in [0.5, 0.6) is 0 Å². The molecular formula is C17H14O2. The van der Waals surface area contributed by atoms with E-state index in [0.29, 0.717) is 6.61 Å². The molecule has 0 atom stereocenters. The van der Waals surface area contributed by atoms with E-state index in [4.69, 9.17) is 4.74 Å². The molecule has 0 fully saturated rings. The van der Waals surface area contributed by atoms with Gasteiger partial charge in [-0.25, -0.2) is 0 Å². The predicted molar refractivity (Wildman–Crippen MR) is 76.9 cm³/mol. The van der Waals surface area contributed by atoms with Crippen molar-refractivity contribution in [1.29, 1.82) is 0 Å². The van der Waals surface area contributed by atoms with E-state index in [2.05, 4.69) is 30.3 Å². The Labute approximate surface area is 111 Å². The van der Waals surface area contributed by atoms with Gasteiger partial charge in [0.15, 0.2) is 0 Å². The second-order valence-corrected chi connectivity index (χ2v) is 4.58. The van der Waals surface area contributed by atoms with E-state index in [0.717, 1.165) is 10.9 Å². The maximum Gasteiger partial charge on any atom is 0.302 e. The Morgan fingerprint density at radius 3 is 2.53 bits per heavy atom. The van der Waals surface area contributed by atoms with Gasteiger partial charge in [0.25, 0.3) is 0 Å². The first kappa shape index (κ1) is 11.7. The molecule has 2 nitrogen and oxygen atoms in total. The van der Waals surface area contributed by atoms with Gasteiger partial charge in [0.1, 0.15) is 6.61 Å². The van der Waals surface area contributed by atoms with Gasteiger partial charge in [-0.1, -0.05) is 54.6 Å². The van der Waals surface area contributed by atoms with Crippen LogP contribution < -0.4 is 0 Å². The summed E-state index contributed by atoms with van der Waals surface area (Å²) in [4.78, 5) is 10.9. The largest absolute Gasteiger partial charge is 0.461 e. The Morgan fingerprint density at radius 1 is 0.895 bits per heavy atom. The number of benzene rings is 3. The smallest absolute Gasteiger partial charge is 0.302 e. The second-order valence-electron chi connectivity index (χ2n) is 4.58. The van der Waals surface area contributed by atoms with Gasteiger partial charge in [-0.3, -0.25) is 4.79 Å². The van der Waals surface area contributed by atoms with E-state index in [9.17, 15) is 4.79 Å². The maximum atomic E-state index is 10.9. The average Bonchev–Trinajstić information content (AvgIpc) is 2.44. The molecule has 0 N–H and O–H groups in total. The molecule has 0 aromatic heterocycles. The van der Waals surface area contributed by atoms with Crippen LogP contribution in [0, 0.1) is 0 Å². The van der Waals surface area contributed by atoms with Crippen molar-refractivity contribution in [3.05, 3.63) is 60.2 Å². The lowest BCUT2D eigenvalue weighted by atomic mass is 9.99. The highest BCUT2D eigenvalue weighted by Gasteiger charge is 2.05. The minimum atomic E-state index is -0.252. The summed E-state index contributed by atoms with van der Waals surface area (Å²) in [5.41, 5.74) is 1.04. The molecule has 0 bridgehead atoms. The van der Waals surface area contributed by atoms with Gasteiger partial charge in [-0.15, -0.1) is 0 Å². The third-order valence-corrected chi connectivity index (χ3v) is 3.31. The first-order valence-electron chi connectivity index (χ1n) is 6.28. The highest BCUT2D eigenvalue weighted by molar-refractivity contribution is 6.08. The van der Waals surface area contributed by atoms with Crippen LogP contribution in [0.3, 0.4) is 0 Å². The molecule has 94 valence electrons. The lowest BCUT2D eigenvalue weighted by Crippen LogP contribution is -1.99. The fourth-order valence-corrected chi connectivity index (χ4v) is 2.41. The first-order valence-corrected chi connectivity index (χ1v) is 6.28. The molecule has 2 heteroatoms. The molecule has 0 aliphatic heterocycles. The quantitative estimate of drug-likeness (QED) is 0.506. The Bertz CT molecular complexity index is 759. The standard InChI is InChI=1S/C17H14O2/c1-12(18)19-11-14-6-4-8-17-15-7-3-2-5-13(15)9-10-16(14)17/h2-10H,11H2,1H3. The summed E-state index contributed by atoms with van der Waals surface area (Å²) in [5, 5.41) is 4.79. The molecule has 3 aromatic carbocycles. The Kier molecular flexibility index (Phi) is 2.92. The van der Waals surface area contributed by atoms with Gasteiger partial charge < -0.3 is 4.74 Å². The number of ether oxygens (including phenoxy) is 1. The lowest BCUT2D eigenvalue weighted by molar-refractivity contribution is -0.142. The fraction of sp³-hybridized carbons (Fsp3) is 0.118. The zero-order valence-electron chi connectivity index (χ0n) is 10.7. The number of carbonyl (C=O) groups is 1. The van der Waals surface area contributed by atoms with Crippen molar-refractivity contribution < 1.29 is 9.53 Å². The van der Waals surface area contributed by atoms with Gasteiger partial charge in [0.05, 0.1) is 0 Å². The number of carbonyl (C=O) groups excluding carboxylic acids is 1. The van der Waals surface area contributed by atoms with Crippen molar-refractivity contribution in [2.75, 3.05) is 0 Å². The molecule has 0 saturated heterocycles. The molecule has 0 aliphatic rings. The predicted octanol–water partition coefficient (Wildman–Crippen LogP) is 4.06. The Balaban J connectivity index is 2.20. The average molecular weight is 250 g/mol. The van der Waals surface area contributed by atoms with Gasteiger partial charge in [0, 0.05) is 6.92 Å². The summed E-state index contributed by atoms with van der Waals surface area (Å²) >= 11 is 0. The van der Waals surface area contributed by atoms with E-state index in [1.807, 2.05) is 24.3 Å². The molecule has 3 rings (SSSR count). The van der Waals surface area contributed by atoms with E-state index < -0.39 is 0 Å². The van der Waals surface area contributed by atoms with Crippen LogP contribution in [0.2, 0.25) is 0 Å². The number of rotatable bonds is 2.